The third kappa shape index (κ3) is 5.20. The highest BCUT2D eigenvalue weighted by Crippen LogP contribution is 2.60. The molecule has 4 fully saturated rings. The van der Waals surface area contributed by atoms with E-state index in [1.807, 2.05) is 0 Å². The van der Waals surface area contributed by atoms with Crippen molar-refractivity contribution in [2.75, 3.05) is 40.5 Å². The summed E-state index contributed by atoms with van der Waals surface area (Å²) < 4.78 is 17.2. The second-order valence-corrected chi connectivity index (χ2v) is 13.2. The zero-order chi connectivity index (χ0) is 29.6. The Kier molecular flexibility index (Phi) is 8.26. The molecule has 1 aliphatic heterocycles. The molecule has 4 N–H and O–H groups in total. The lowest BCUT2D eigenvalue weighted by molar-refractivity contribution is -0.146. The Morgan fingerprint density at radius 2 is 1.79 bits per heavy atom. The van der Waals surface area contributed by atoms with E-state index < -0.39 is 24.2 Å². The van der Waals surface area contributed by atoms with Gasteiger partial charge in [0, 0.05) is 31.3 Å². The molecule has 4 saturated carbocycles. The zero-order valence-corrected chi connectivity index (χ0v) is 24.6. The predicted octanol–water partition coefficient (Wildman–Crippen LogP) is 1.89. The summed E-state index contributed by atoms with van der Waals surface area (Å²) in [5.74, 6) is 1.78. The first-order valence-electron chi connectivity index (χ1n) is 15.3. The molecule has 0 unspecified atom stereocenters. The summed E-state index contributed by atoms with van der Waals surface area (Å²) >= 11 is 0. The van der Waals surface area contributed by atoms with Crippen LogP contribution in [0, 0.1) is 23.2 Å². The second kappa shape index (κ2) is 11.8. The minimum absolute atomic E-state index is 0.0138. The first-order valence-corrected chi connectivity index (χ1v) is 15.3. The maximum absolute atomic E-state index is 13.9. The van der Waals surface area contributed by atoms with Gasteiger partial charge in [0.2, 0.25) is 11.8 Å². The van der Waals surface area contributed by atoms with Gasteiger partial charge in [-0.15, -0.1) is 0 Å². The SMILES string of the molecule is COCCC(=O)N(CC12CC3CC(CC(C3)C1)C2)[C@@H]1C=C(C(=O)NCCO)[C@@H]2c3cc(CO)cc(OC)c3O[C@@H]2[C@H]1O. The van der Waals surface area contributed by atoms with Crippen LogP contribution in [-0.4, -0.2) is 90.8 Å². The van der Waals surface area contributed by atoms with Gasteiger partial charge in [0.25, 0.3) is 0 Å². The average Bonchev–Trinajstić information content (AvgIpc) is 3.36. The van der Waals surface area contributed by atoms with E-state index in [2.05, 4.69) is 5.32 Å². The molecule has 7 rings (SSSR count). The lowest BCUT2D eigenvalue weighted by Crippen LogP contribution is -2.60. The fraction of sp³-hybridized carbons (Fsp3) is 0.688. The van der Waals surface area contributed by atoms with Gasteiger partial charge in [-0.05, 0) is 85.5 Å². The molecule has 10 nitrogen and oxygen atoms in total. The number of hydrogen-bond acceptors (Lipinski definition) is 8. The fourth-order valence-corrected chi connectivity index (χ4v) is 9.16. The van der Waals surface area contributed by atoms with Crippen molar-refractivity contribution in [3.8, 4) is 11.5 Å². The fourth-order valence-electron chi connectivity index (χ4n) is 9.16. The molecule has 2 amide bonds. The number of benzene rings is 1. The van der Waals surface area contributed by atoms with Crippen LogP contribution < -0.4 is 14.8 Å². The number of carbonyl (C=O) groups is 2. The molecule has 0 aromatic heterocycles. The molecule has 4 bridgehead atoms. The molecule has 1 aromatic carbocycles. The van der Waals surface area contributed by atoms with Crippen LogP contribution >= 0.6 is 0 Å². The van der Waals surface area contributed by atoms with E-state index in [1.54, 1.807) is 30.2 Å². The van der Waals surface area contributed by atoms with E-state index in [0.29, 0.717) is 52.5 Å². The van der Waals surface area contributed by atoms with Crippen LogP contribution in [-0.2, 0) is 20.9 Å². The molecule has 0 spiro atoms. The number of aliphatic hydroxyl groups excluding tert-OH is 3. The Morgan fingerprint density at radius 1 is 1.10 bits per heavy atom. The van der Waals surface area contributed by atoms with Gasteiger partial charge < -0.3 is 39.7 Å². The van der Waals surface area contributed by atoms with Crippen LogP contribution in [0.5, 0.6) is 11.5 Å². The molecule has 230 valence electrons. The van der Waals surface area contributed by atoms with Gasteiger partial charge in [0.1, 0.15) is 12.2 Å². The van der Waals surface area contributed by atoms with Crippen LogP contribution in [0.15, 0.2) is 23.8 Å². The third-order valence-corrected chi connectivity index (χ3v) is 10.4. The Labute approximate surface area is 247 Å². The summed E-state index contributed by atoms with van der Waals surface area (Å²) in [6, 6.07) is 2.68. The number of aliphatic hydroxyl groups is 3. The summed E-state index contributed by atoms with van der Waals surface area (Å²) in [6.45, 7) is 0.419. The van der Waals surface area contributed by atoms with Crippen LogP contribution in [0.25, 0.3) is 0 Å². The van der Waals surface area contributed by atoms with Crippen molar-refractivity contribution < 1.29 is 39.1 Å². The summed E-state index contributed by atoms with van der Waals surface area (Å²) in [5.41, 5.74) is 1.62. The molecule has 42 heavy (non-hydrogen) atoms. The van der Waals surface area contributed by atoms with Crippen molar-refractivity contribution in [1.29, 1.82) is 0 Å². The highest BCUT2D eigenvalue weighted by atomic mass is 16.5. The lowest BCUT2D eigenvalue weighted by atomic mass is 9.49. The van der Waals surface area contributed by atoms with E-state index >= 15 is 0 Å². The maximum Gasteiger partial charge on any atom is 0.247 e. The molecule has 4 atom stereocenters. The first kappa shape index (κ1) is 29.4. The van der Waals surface area contributed by atoms with Gasteiger partial charge in [-0.3, -0.25) is 9.59 Å². The van der Waals surface area contributed by atoms with Gasteiger partial charge in [-0.2, -0.15) is 0 Å². The van der Waals surface area contributed by atoms with Crippen LogP contribution in [0.4, 0.5) is 0 Å². The number of ether oxygens (including phenoxy) is 3. The molecule has 5 aliphatic carbocycles. The second-order valence-electron chi connectivity index (χ2n) is 13.2. The van der Waals surface area contributed by atoms with Crippen molar-refractivity contribution in [2.45, 2.75) is 75.7 Å². The molecule has 1 heterocycles. The molecule has 0 saturated heterocycles. The molecular formula is C32H44N2O8. The van der Waals surface area contributed by atoms with Gasteiger partial charge >= 0.3 is 0 Å². The van der Waals surface area contributed by atoms with Crippen LogP contribution in [0.1, 0.15) is 62.0 Å². The molecule has 0 radical (unpaired) electrons. The van der Waals surface area contributed by atoms with Gasteiger partial charge in [-0.25, -0.2) is 0 Å². The van der Waals surface area contributed by atoms with E-state index in [9.17, 15) is 24.9 Å². The average molecular weight is 585 g/mol. The van der Waals surface area contributed by atoms with Crippen LogP contribution in [0.3, 0.4) is 0 Å². The number of amides is 2. The number of rotatable bonds is 11. The van der Waals surface area contributed by atoms with Crippen molar-refractivity contribution in [3.63, 3.8) is 0 Å². The minimum atomic E-state index is -1.11. The van der Waals surface area contributed by atoms with Gasteiger partial charge in [-0.1, -0.05) is 0 Å². The van der Waals surface area contributed by atoms with Crippen molar-refractivity contribution in [3.05, 3.63) is 34.9 Å². The number of carbonyl (C=O) groups excluding carboxylic acids is 2. The number of hydrogen-bond donors (Lipinski definition) is 4. The van der Waals surface area contributed by atoms with E-state index in [0.717, 1.165) is 19.3 Å². The van der Waals surface area contributed by atoms with E-state index in [4.69, 9.17) is 14.2 Å². The Bertz CT molecular complexity index is 1200. The number of nitrogens with one attached hydrogen (secondary N) is 1. The Morgan fingerprint density at radius 3 is 2.38 bits per heavy atom. The highest BCUT2D eigenvalue weighted by Gasteiger charge is 2.55. The number of methoxy groups -OCH3 is 2. The monoisotopic (exact) mass is 584 g/mol. The van der Waals surface area contributed by atoms with Crippen molar-refractivity contribution in [2.24, 2.45) is 23.2 Å². The summed E-state index contributed by atoms with van der Waals surface area (Å²) in [4.78, 5) is 29.3. The Balaban J connectivity index is 1.40. The summed E-state index contributed by atoms with van der Waals surface area (Å²) in [5, 5.41) is 34.1. The van der Waals surface area contributed by atoms with Crippen molar-refractivity contribution >= 4 is 11.8 Å². The van der Waals surface area contributed by atoms with Crippen LogP contribution in [0.2, 0.25) is 0 Å². The standard InChI is InChI=1S/C32H44N2O8/c1-40-6-3-26(37)34(17-32-13-18-7-19(14-32)9-20(8-18)15-32)24-12-23(31(39)33-4-5-35)27-22-10-21(16-36)11-25(41-2)29(22)42-30(27)28(24)38/h10-12,18-20,24,27-28,30,35-36,38H,3-9,13-17H2,1-2H3,(H,33,39)/t18?,19?,20?,24-,27+,28+,30+,32?/m1/s1. The number of nitrogens with zero attached hydrogens (tertiary/aromatic N) is 1. The van der Waals surface area contributed by atoms with Crippen molar-refractivity contribution in [1.82, 2.24) is 10.2 Å². The van der Waals surface area contributed by atoms with E-state index in [1.165, 1.54) is 26.4 Å². The zero-order valence-electron chi connectivity index (χ0n) is 24.6. The highest BCUT2D eigenvalue weighted by molar-refractivity contribution is 5.96. The molecule has 6 aliphatic rings. The topological polar surface area (TPSA) is 138 Å². The Hall–Kier alpha value is -2.66. The normalized spacial score (nSPS) is 33.8. The largest absolute Gasteiger partial charge is 0.493 e. The molecule has 10 heteroatoms. The van der Waals surface area contributed by atoms with Gasteiger partial charge in [0.15, 0.2) is 11.5 Å². The van der Waals surface area contributed by atoms with E-state index in [-0.39, 0.29) is 50.0 Å². The smallest absolute Gasteiger partial charge is 0.247 e. The molecule has 1 aromatic rings. The molecular weight excluding hydrogens is 540 g/mol. The number of fused-ring (bicyclic) bond motifs is 3. The maximum atomic E-state index is 13.9. The first-order chi connectivity index (χ1) is 20.3. The third-order valence-electron chi connectivity index (χ3n) is 10.4. The summed E-state index contributed by atoms with van der Waals surface area (Å²) in [7, 11) is 3.07. The summed E-state index contributed by atoms with van der Waals surface area (Å²) in [6.07, 6.45) is 7.09. The van der Waals surface area contributed by atoms with Gasteiger partial charge in [0.05, 0.1) is 45.3 Å². The minimum Gasteiger partial charge on any atom is -0.493 e. The quantitative estimate of drug-likeness (QED) is 0.310. The lowest BCUT2D eigenvalue weighted by Gasteiger charge is -2.58. The predicted molar refractivity (Wildman–Crippen MR) is 153 cm³/mol.